The first kappa shape index (κ1) is 18.3. The number of halogens is 1. The third-order valence-electron chi connectivity index (χ3n) is 3.90. The highest BCUT2D eigenvalue weighted by Crippen LogP contribution is 2.40. The average Bonchev–Trinajstić information content (AvgIpc) is 2.70. The van der Waals surface area contributed by atoms with Crippen molar-refractivity contribution < 1.29 is 4.92 Å². The zero-order valence-corrected chi connectivity index (χ0v) is 16.6. The first-order valence-electron chi connectivity index (χ1n) is 8.16. The highest BCUT2D eigenvalue weighted by atomic mass is 79.9. The molecule has 138 valence electrons. The smallest absolute Gasteiger partial charge is 0.333 e. The van der Waals surface area contributed by atoms with E-state index in [4.69, 9.17) is 0 Å². The Balaban J connectivity index is 1.77. The molecule has 0 radical (unpaired) electrons. The maximum absolute atomic E-state index is 11.8. The summed E-state index contributed by atoms with van der Waals surface area (Å²) < 4.78 is 0.773. The van der Waals surface area contributed by atoms with E-state index in [1.165, 1.54) is 18.1 Å². The van der Waals surface area contributed by atoms with Gasteiger partial charge in [0.25, 0.3) is 0 Å². The molecule has 7 nitrogen and oxygen atoms in total. The van der Waals surface area contributed by atoms with Crippen LogP contribution in [0.25, 0.3) is 10.9 Å². The van der Waals surface area contributed by atoms with Gasteiger partial charge < -0.3 is 5.32 Å². The molecule has 0 bridgehead atoms. The van der Waals surface area contributed by atoms with Crippen molar-refractivity contribution in [3.63, 3.8) is 0 Å². The molecule has 0 saturated heterocycles. The van der Waals surface area contributed by atoms with Gasteiger partial charge in [0.15, 0.2) is 5.03 Å². The van der Waals surface area contributed by atoms with Gasteiger partial charge in [0.1, 0.15) is 6.33 Å². The second-order valence-electron chi connectivity index (χ2n) is 5.67. The molecule has 0 atom stereocenters. The maximum Gasteiger partial charge on any atom is 0.343 e. The predicted octanol–water partition coefficient (Wildman–Crippen LogP) is 5.59. The van der Waals surface area contributed by atoms with E-state index in [9.17, 15) is 10.1 Å². The van der Waals surface area contributed by atoms with E-state index in [2.05, 4.69) is 36.2 Å². The quantitative estimate of drug-likeness (QED) is 0.239. The van der Waals surface area contributed by atoms with E-state index in [-0.39, 0.29) is 16.5 Å². The topological polar surface area (TPSA) is 93.8 Å². The van der Waals surface area contributed by atoms with Crippen LogP contribution in [-0.2, 0) is 0 Å². The molecular formula is C19H12BrN5O2S. The van der Waals surface area contributed by atoms with E-state index >= 15 is 0 Å². The van der Waals surface area contributed by atoms with E-state index in [0.717, 1.165) is 20.3 Å². The molecule has 0 fully saturated rings. The minimum Gasteiger partial charge on any atom is -0.333 e. The second-order valence-corrected chi connectivity index (χ2v) is 7.56. The maximum atomic E-state index is 11.8. The van der Waals surface area contributed by atoms with E-state index in [0.29, 0.717) is 5.69 Å². The Hall–Kier alpha value is -3.04. The summed E-state index contributed by atoms with van der Waals surface area (Å²) in [6.45, 7) is 0. The third-order valence-corrected chi connectivity index (χ3v) is 5.63. The molecule has 1 N–H and O–H groups in total. The van der Waals surface area contributed by atoms with Gasteiger partial charge in [-0.3, -0.25) is 15.1 Å². The average molecular weight is 454 g/mol. The van der Waals surface area contributed by atoms with Gasteiger partial charge in [-0.05, 0) is 40.2 Å². The fourth-order valence-corrected chi connectivity index (χ4v) is 4.02. The fraction of sp³-hybridized carbons (Fsp3) is 0. The molecule has 28 heavy (non-hydrogen) atoms. The molecule has 0 aliphatic heterocycles. The van der Waals surface area contributed by atoms with Crippen LogP contribution in [0.15, 0.2) is 81.5 Å². The minimum absolute atomic E-state index is 0.127. The highest BCUT2D eigenvalue weighted by molar-refractivity contribution is 9.10. The fourth-order valence-electron chi connectivity index (χ4n) is 2.65. The largest absolute Gasteiger partial charge is 0.343 e. The van der Waals surface area contributed by atoms with Crippen LogP contribution in [-0.4, -0.2) is 19.9 Å². The number of hydrogen-bond donors (Lipinski definition) is 1. The minimum atomic E-state index is -0.472. The van der Waals surface area contributed by atoms with Gasteiger partial charge >= 0.3 is 5.69 Å². The highest BCUT2D eigenvalue weighted by Gasteiger charge is 2.25. The van der Waals surface area contributed by atoms with Crippen molar-refractivity contribution >= 4 is 55.8 Å². The van der Waals surface area contributed by atoms with Crippen molar-refractivity contribution in [3.05, 3.63) is 81.7 Å². The number of nitrogens with zero attached hydrogens (tertiary/aromatic N) is 4. The van der Waals surface area contributed by atoms with Crippen LogP contribution in [0.4, 0.5) is 17.2 Å². The standard InChI is InChI=1S/C19H12BrN5O2S/c20-13-7-1-2-8-14(13)24-18-17(25(26)27)19(23-11-22-18)28-15-9-3-5-12-6-4-10-21-16(12)15/h1-11H,(H,22,23,24). The lowest BCUT2D eigenvalue weighted by Crippen LogP contribution is -2.03. The molecule has 2 heterocycles. The molecule has 0 amide bonds. The van der Waals surface area contributed by atoms with Gasteiger partial charge in [-0.1, -0.05) is 42.1 Å². The monoisotopic (exact) mass is 453 g/mol. The molecule has 0 unspecified atom stereocenters. The summed E-state index contributed by atoms with van der Waals surface area (Å²) in [6.07, 6.45) is 3.01. The van der Waals surface area contributed by atoms with E-state index < -0.39 is 4.92 Å². The normalized spacial score (nSPS) is 10.8. The summed E-state index contributed by atoms with van der Waals surface area (Å²) in [5.41, 5.74) is 1.26. The number of hydrogen-bond acceptors (Lipinski definition) is 7. The third kappa shape index (κ3) is 3.67. The molecule has 0 saturated carbocycles. The molecular weight excluding hydrogens is 442 g/mol. The van der Waals surface area contributed by atoms with Crippen LogP contribution in [0.3, 0.4) is 0 Å². The number of benzene rings is 2. The SMILES string of the molecule is O=[N+]([O-])c1c(Nc2ccccc2Br)ncnc1Sc1cccc2cccnc12. The first-order valence-corrected chi connectivity index (χ1v) is 9.77. The molecule has 9 heteroatoms. The number of fused-ring (bicyclic) bond motifs is 1. The van der Waals surface area contributed by atoms with Gasteiger partial charge in [-0.2, -0.15) is 0 Å². The van der Waals surface area contributed by atoms with Crippen LogP contribution in [0.5, 0.6) is 0 Å². The lowest BCUT2D eigenvalue weighted by molar-refractivity contribution is -0.387. The van der Waals surface area contributed by atoms with Gasteiger partial charge in [0.2, 0.25) is 5.82 Å². The molecule has 0 spiro atoms. The van der Waals surface area contributed by atoms with Crippen LogP contribution < -0.4 is 5.32 Å². The molecule has 0 aliphatic rings. The second kappa shape index (κ2) is 7.91. The molecule has 2 aromatic carbocycles. The molecule has 2 aromatic heterocycles. The summed E-state index contributed by atoms with van der Waals surface area (Å²) in [6, 6.07) is 16.8. The zero-order valence-electron chi connectivity index (χ0n) is 14.2. The number of nitro groups is 1. The summed E-state index contributed by atoms with van der Waals surface area (Å²) in [5.74, 6) is 0.127. The van der Waals surface area contributed by atoms with Crippen molar-refractivity contribution in [3.8, 4) is 0 Å². The summed E-state index contributed by atoms with van der Waals surface area (Å²) in [4.78, 5) is 24.8. The van der Waals surface area contributed by atoms with Crippen molar-refractivity contribution in [2.45, 2.75) is 9.92 Å². The molecule has 4 aromatic rings. The van der Waals surface area contributed by atoms with Crippen LogP contribution in [0, 0.1) is 10.1 Å². The number of anilines is 2. The molecule has 0 aliphatic carbocycles. The number of aromatic nitrogens is 3. The van der Waals surface area contributed by atoms with Crippen LogP contribution in [0.2, 0.25) is 0 Å². The van der Waals surface area contributed by atoms with Crippen molar-refractivity contribution in [1.29, 1.82) is 0 Å². The van der Waals surface area contributed by atoms with Crippen LogP contribution >= 0.6 is 27.7 Å². The number of nitrogens with one attached hydrogen (secondary N) is 1. The Kier molecular flexibility index (Phi) is 5.18. The Morgan fingerprint density at radius 2 is 1.82 bits per heavy atom. The van der Waals surface area contributed by atoms with E-state index in [1.807, 2.05) is 48.5 Å². The van der Waals surface area contributed by atoms with Gasteiger partial charge in [-0.25, -0.2) is 9.97 Å². The van der Waals surface area contributed by atoms with Crippen LogP contribution in [0.1, 0.15) is 0 Å². The van der Waals surface area contributed by atoms with E-state index in [1.54, 1.807) is 12.3 Å². The lowest BCUT2D eigenvalue weighted by Gasteiger charge is -2.10. The van der Waals surface area contributed by atoms with Crippen molar-refractivity contribution in [2.24, 2.45) is 0 Å². The Morgan fingerprint density at radius 1 is 1.00 bits per heavy atom. The predicted molar refractivity (Wildman–Crippen MR) is 112 cm³/mol. The number of pyridine rings is 1. The molecule has 4 rings (SSSR count). The number of para-hydroxylation sites is 2. The Morgan fingerprint density at radius 3 is 2.64 bits per heavy atom. The zero-order chi connectivity index (χ0) is 19.5. The van der Waals surface area contributed by atoms with Crippen molar-refractivity contribution in [1.82, 2.24) is 15.0 Å². The van der Waals surface area contributed by atoms with Gasteiger partial charge in [-0.15, -0.1) is 0 Å². The number of rotatable bonds is 5. The Bertz CT molecular complexity index is 1180. The summed E-state index contributed by atoms with van der Waals surface area (Å²) >= 11 is 4.62. The van der Waals surface area contributed by atoms with Gasteiger partial charge in [0.05, 0.1) is 16.1 Å². The summed E-state index contributed by atoms with van der Waals surface area (Å²) in [5, 5.41) is 16.0. The summed E-state index contributed by atoms with van der Waals surface area (Å²) in [7, 11) is 0. The van der Waals surface area contributed by atoms with Gasteiger partial charge in [0, 0.05) is 21.0 Å². The van der Waals surface area contributed by atoms with Crippen molar-refractivity contribution in [2.75, 3.05) is 5.32 Å². The first-order chi connectivity index (χ1) is 13.6. The Labute approximate surface area is 172 Å². The lowest BCUT2D eigenvalue weighted by atomic mass is 10.2.